The van der Waals surface area contributed by atoms with Crippen LogP contribution >= 0.6 is 11.6 Å². The van der Waals surface area contributed by atoms with Crippen LogP contribution in [0, 0.1) is 13.8 Å². The number of benzene rings is 3. The molecule has 3 N–H and O–H groups in total. The molecule has 3 aromatic carbocycles. The molecule has 0 unspecified atom stereocenters. The number of carbonyl (C=O) groups is 2. The Morgan fingerprint density at radius 2 is 1.59 bits per heavy atom. The predicted octanol–water partition coefficient (Wildman–Crippen LogP) is 3.89. The van der Waals surface area contributed by atoms with E-state index < -0.39 is 28.4 Å². The average molecular weight is 472 g/mol. The van der Waals surface area contributed by atoms with Crippen LogP contribution in [0.4, 0.5) is 11.4 Å². The summed E-state index contributed by atoms with van der Waals surface area (Å²) < 4.78 is 28.0. The van der Waals surface area contributed by atoms with Crippen molar-refractivity contribution < 1.29 is 18.0 Å². The Bertz CT molecular complexity index is 1260. The van der Waals surface area contributed by atoms with Crippen LogP contribution in [0.15, 0.2) is 71.6 Å². The molecule has 0 radical (unpaired) electrons. The number of nitrogens with zero attached hydrogens (tertiary/aromatic N) is 1. The molecule has 2 amide bonds. The highest BCUT2D eigenvalue weighted by Crippen LogP contribution is 2.31. The Morgan fingerprint density at radius 1 is 0.969 bits per heavy atom. The van der Waals surface area contributed by atoms with Gasteiger partial charge in [0.15, 0.2) is 0 Å². The molecule has 0 saturated carbocycles. The van der Waals surface area contributed by atoms with Gasteiger partial charge in [0.1, 0.15) is 6.54 Å². The minimum atomic E-state index is -4.06. The van der Waals surface area contributed by atoms with Crippen molar-refractivity contribution in [3.63, 3.8) is 0 Å². The molecule has 0 heterocycles. The molecule has 0 fully saturated rings. The van der Waals surface area contributed by atoms with Crippen molar-refractivity contribution in [3.8, 4) is 0 Å². The molecular formula is C23H22ClN3O4S. The van der Waals surface area contributed by atoms with Crippen LogP contribution in [-0.2, 0) is 14.8 Å². The summed E-state index contributed by atoms with van der Waals surface area (Å²) in [6.07, 6.45) is 0. The molecule has 0 aliphatic heterocycles. The van der Waals surface area contributed by atoms with Gasteiger partial charge >= 0.3 is 0 Å². The third-order valence-electron chi connectivity index (χ3n) is 4.86. The summed E-state index contributed by atoms with van der Waals surface area (Å²) >= 11 is 6.22. The largest absolute Gasteiger partial charge is 0.366 e. The molecule has 0 aromatic heterocycles. The second-order valence-electron chi connectivity index (χ2n) is 7.20. The van der Waals surface area contributed by atoms with Crippen LogP contribution in [0.2, 0.25) is 5.02 Å². The summed E-state index contributed by atoms with van der Waals surface area (Å²) in [6.45, 7) is 3.07. The van der Waals surface area contributed by atoms with Crippen LogP contribution in [-0.4, -0.2) is 26.8 Å². The smallest absolute Gasteiger partial charge is 0.264 e. The van der Waals surface area contributed by atoms with E-state index in [0.717, 1.165) is 9.87 Å². The molecule has 9 heteroatoms. The summed E-state index contributed by atoms with van der Waals surface area (Å²) in [5.41, 5.74) is 7.66. The maximum atomic E-state index is 13.5. The lowest BCUT2D eigenvalue weighted by Crippen LogP contribution is -2.38. The first-order valence-corrected chi connectivity index (χ1v) is 11.5. The number of carbonyl (C=O) groups excluding carboxylic acids is 2. The van der Waals surface area contributed by atoms with Gasteiger partial charge in [-0.2, -0.15) is 0 Å². The number of rotatable bonds is 7. The highest BCUT2D eigenvalue weighted by Gasteiger charge is 2.28. The van der Waals surface area contributed by atoms with E-state index in [0.29, 0.717) is 27.5 Å². The van der Waals surface area contributed by atoms with Crippen molar-refractivity contribution in [3.05, 3.63) is 88.4 Å². The quantitative estimate of drug-likeness (QED) is 0.544. The third kappa shape index (κ3) is 5.09. The first kappa shape index (κ1) is 23.3. The summed E-state index contributed by atoms with van der Waals surface area (Å²) in [5.74, 6) is -1.15. The van der Waals surface area contributed by atoms with E-state index in [1.807, 2.05) is 6.92 Å². The monoisotopic (exact) mass is 471 g/mol. The second-order valence-corrected chi connectivity index (χ2v) is 9.47. The lowest BCUT2D eigenvalue weighted by Gasteiger charge is -2.26. The van der Waals surface area contributed by atoms with Gasteiger partial charge in [0.25, 0.3) is 10.0 Å². The predicted molar refractivity (Wildman–Crippen MR) is 125 cm³/mol. The van der Waals surface area contributed by atoms with Crippen LogP contribution in [0.3, 0.4) is 0 Å². The fourth-order valence-electron chi connectivity index (χ4n) is 3.05. The molecule has 0 spiro atoms. The van der Waals surface area contributed by atoms with Gasteiger partial charge in [0.2, 0.25) is 11.8 Å². The topological polar surface area (TPSA) is 110 Å². The number of amides is 2. The first-order chi connectivity index (χ1) is 15.1. The average Bonchev–Trinajstić information content (AvgIpc) is 2.75. The standard InChI is InChI=1S/C23H22ClN3O4S/c1-15-6-12-19(13-7-15)32(30,31)27(21-5-3-4-20(24)16(21)2)14-22(28)26-18-10-8-17(9-11-18)23(25)29/h3-13H,14H2,1-2H3,(H2,25,29)(H,26,28). The molecule has 0 saturated heterocycles. The first-order valence-electron chi connectivity index (χ1n) is 9.64. The Hall–Kier alpha value is -3.36. The number of hydrogen-bond acceptors (Lipinski definition) is 4. The number of nitrogens with one attached hydrogen (secondary N) is 1. The normalized spacial score (nSPS) is 11.1. The Kier molecular flexibility index (Phi) is 6.86. The molecule has 3 rings (SSSR count). The van der Waals surface area contributed by atoms with E-state index in [4.69, 9.17) is 17.3 Å². The minimum absolute atomic E-state index is 0.0566. The van der Waals surface area contributed by atoms with Crippen molar-refractivity contribution in [2.45, 2.75) is 18.7 Å². The number of sulfonamides is 1. The molecule has 0 aliphatic carbocycles. The second kappa shape index (κ2) is 9.42. The number of halogens is 1. The molecular weight excluding hydrogens is 450 g/mol. The van der Waals surface area contributed by atoms with Gasteiger partial charge in [0.05, 0.1) is 10.6 Å². The summed E-state index contributed by atoms with van der Waals surface area (Å²) in [6, 6.07) is 17.2. The maximum Gasteiger partial charge on any atom is 0.264 e. The fraction of sp³-hybridized carbons (Fsp3) is 0.130. The zero-order valence-corrected chi connectivity index (χ0v) is 19.1. The highest BCUT2D eigenvalue weighted by atomic mass is 35.5. The fourth-order valence-corrected chi connectivity index (χ4v) is 4.70. The Labute approximate surface area is 191 Å². The van der Waals surface area contributed by atoms with Gasteiger partial charge in [-0.1, -0.05) is 35.4 Å². The number of hydrogen-bond donors (Lipinski definition) is 2. The van der Waals surface area contributed by atoms with Crippen molar-refractivity contribution in [2.75, 3.05) is 16.2 Å². The molecule has 166 valence electrons. The number of primary amides is 1. The number of anilines is 2. The van der Waals surface area contributed by atoms with Crippen molar-refractivity contribution in [1.29, 1.82) is 0 Å². The van der Waals surface area contributed by atoms with E-state index >= 15 is 0 Å². The van der Waals surface area contributed by atoms with Gasteiger partial charge in [-0.05, 0) is 67.9 Å². The van der Waals surface area contributed by atoms with E-state index in [9.17, 15) is 18.0 Å². The van der Waals surface area contributed by atoms with E-state index in [-0.39, 0.29) is 4.90 Å². The van der Waals surface area contributed by atoms with Crippen molar-refractivity contribution >= 4 is 44.8 Å². The van der Waals surface area contributed by atoms with Gasteiger partial charge < -0.3 is 11.1 Å². The van der Waals surface area contributed by atoms with Gasteiger partial charge in [-0.25, -0.2) is 8.42 Å². The molecule has 0 aliphatic rings. The van der Waals surface area contributed by atoms with E-state index in [1.165, 1.54) is 36.4 Å². The van der Waals surface area contributed by atoms with Crippen LogP contribution in [0.25, 0.3) is 0 Å². The van der Waals surface area contributed by atoms with Crippen LogP contribution < -0.4 is 15.4 Å². The molecule has 0 atom stereocenters. The molecule has 32 heavy (non-hydrogen) atoms. The summed E-state index contributed by atoms with van der Waals surface area (Å²) in [5, 5.41) is 3.03. The number of nitrogens with two attached hydrogens (primary N) is 1. The Balaban J connectivity index is 1.95. The molecule has 0 bridgehead atoms. The zero-order chi connectivity index (χ0) is 23.5. The minimum Gasteiger partial charge on any atom is -0.366 e. The lowest BCUT2D eigenvalue weighted by molar-refractivity contribution is -0.114. The van der Waals surface area contributed by atoms with Crippen LogP contribution in [0.1, 0.15) is 21.5 Å². The van der Waals surface area contributed by atoms with Gasteiger partial charge in [0, 0.05) is 16.3 Å². The number of aryl methyl sites for hydroxylation is 1. The maximum absolute atomic E-state index is 13.5. The molecule has 7 nitrogen and oxygen atoms in total. The van der Waals surface area contributed by atoms with Gasteiger partial charge in [-0.15, -0.1) is 0 Å². The SMILES string of the molecule is Cc1ccc(S(=O)(=O)N(CC(=O)Nc2ccc(C(N)=O)cc2)c2cccc(Cl)c2C)cc1. The molecule has 3 aromatic rings. The lowest BCUT2D eigenvalue weighted by atomic mass is 10.2. The van der Waals surface area contributed by atoms with Crippen LogP contribution in [0.5, 0.6) is 0 Å². The van der Waals surface area contributed by atoms with E-state index in [1.54, 1.807) is 37.3 Å². The summed E-state index contributed by atoms with van der Waals surface area (Å²) in [4.78, 5) is 24.1. The third-order valence-corrected chi connectivity index (χ3v) is 7.04. The highest BCUT2D eigenvalue weighted by molar-refractivity contribution is 7.92. The zero-order valence-electron chi connectivity index (χ0n) is 17.5. The van der Waals surface area contributed by atoms with E-state index in [2.05, 4.69) is 5.32 Å². The van der Waals surface area contributed by atoms with Gasteiger partial charge in [-0.3, -0.25) is 13.9 Å². The Morgan fingerprint density at radius 3 is 2.19 bits per heavy atom. The van der Waals surface area contributed by atoms with Crippen molar-refractivity contribution in [2.24, 2.45) is 5.73 Å². The van der Waals surface area contributed by atoms with Crippen molar-refractivity contribution in [1.82, 2.24) is 0 Å². The summed E-state index contributed by atoms with van der Waals surface area (Å²) in [7, 11) is -4.06.